The molecule has 0 atom stereocenters. The predicted molar refractivity (Wildman–Crippen MR) is 513 cm³/mol. The average Bonchev–Trinajstić information content (AvgIpc) is 1.55. The van der Waals surface area contributed by atoms with Crippen LogP contribution in [-0.4, -0.2) is 13.7 Å². The van der Waals surface area contributed by atoms with Crippen LogP contribution in [0, 0.1) is 0 Å². The highest BCUT2D eigenvalue weighted by Crippen LogP contribution is 2.57. The minimum absolute atomic E-state index is 0.0252. The summed E-state index contributed by atoms with van der Waals surface area (Å²) in [5, 5.41) is 14.8. The van der Waals surface area contributed by atoms with Crippen molar-refractivity contribution >= 4 is 131 Å². The number of rotatable bonds is 6. The zero-order chi connectivity index (χ0) is 81.9. The van der Waals surface area contributed by atoms with E-state index in [4.69, 9.17) is 13.3 Å². The lowest BCUT2D eigenvalue weighted by Gasteiger charge is -2.22. The summed E-state index contributed by atoms with van der Waals surface area (Å²) in [6.07, 6.45) is 0. The van der Waals surface area contributed by atoms with E-state index < -0.39 is 0 Å². The maximum Gasteiger partial charge on any atom is 0.143 e. The van der Waals surface area contributed by atoms with Crippen LogP contribution in [-0.2, 0) is 16.2 Å². The van der Waals surface area contributed by atoms with Gasteiger partial charge < -0.3 is 27.0 Å². The lowest BCUT2D eigenvalue weighted by Crippen LogP contribution is -2.15. The quantitative estimate of drug-likeness (QED) is 0.167. The Morgan fingerprint density at radius 3 is 1.15 bits per heavy atom. The van der Waals surface area contributed by atoms with Crippen LogP contribution in [0.1, 0.15) is 74.9 Å². The number of hydrogen-bond acceptors (Lipinski definition) is 3. The van der Waals surface area contributed by atoms with Crippen molar-refractivity contribution < 1.29 is 13.3 Å². The van der Waals surface area contributed by atoms with Crippen LogP contribution >= 0.6 is 0 Å². The minimum Gasteiger partial charge on any atom is -0.456 e. The number of benzene rings is 18. The minimum atomic E-state index is -0.0693. The standard InChI is InChI=1S/3C39H27NO/c1-39(2)31-15-6-3-11-29(31)36-32(39)22-23-34-37(36)30-12-4-7-16-33(30)40(34)25-20-18-24(19-21-25)26-13-9-14-28-27-10-5-8-17-35(27)41-38(26)28;1-39(2)32-12-6-3-11-30(32)37-33(39)21-20-29-27-9-4-7-13-34(27)40(38(29)37)26-18-15-24(16-19-26)25-17-22-36-31(23-25)28-10-5-8-14-35(28)41-36;1-39(2)32-12-6-3-9-27(32)29-20-21-34-37(38(29)39)30-11-4-7-13-33(30)40(34)26-18-15-24(16-19-26)25-17-22-36-31(23-25)28-10-5-8-14-35(28)41-36/h3*3-23H,1-2H3. The van der Waals surface area contributed by atoms with Crippen LogP contribution in [0.4, 0.5) is 0 Å². The molecule has 6 heteroatoms. The van der Waals surface area contributed by atoms with Gasteiger partial charge in [0.2, 0.25) is 0 Å². The molecule has 582 valence electrons. The smallest absolute Gasteiger partial charge is 0.143 e. The van der Waals surface area contributed by atoms with Crippen LogP contribution < -0.4 is 0 Å². The summed E-state index contributed by atoms with van der Waals surface area (Å²) >= 11 is 0. The van der Waals surface area contributed by atoms with Crippen molar-refractivity contribution in [1.82, 2.24) is 13.7 Å². The van der Waals surface area contributed by atoms with E-state index >= 15 is 0 Å². The molecular weight excluding hydrogens is 1500 g/mol. The fraction of sp³-hybridized carbons (Fsp3) is 0.0769. The fourth-order valence-electron chi connectivity index (χ4n) is 21.8. The molecule has 6 nitrogen and oxygen atoms in total. The lowest BCUT2D eigenvalue weighted by molar-refractivity contribution is 0.660. The van der Waals surface area contributed by atoms with E-state index in [2.05, 4.69) is 401 Å². The molecule has 6 heterocycles. The maximum absolute atomic E-state index is 6.34. The van der Waals surface area contributed by atoms with Crippen LogP contribution in [0.5, 0.6) is 0 Å². The molecule has 0 saturated carbocycles. The third-order valence-corrected chi connectivity index (χ3v) is 27.6. The molecule has 0 spiro atoms. The van der Waals surface area contributed by atoms with Gasteiger partial charge in [0.1, 0.15) is 33.5 Å². The second-order valence-corrected chi connectivity index (χ2v) is 35.3. The first-order chi connectivity index (χ1) is 60.3. The second-order valence-electron chi connectivity index (χ2n) is 35.3. The molecule has 24 aromatic rings. The van der Waals surface area contributed by atoms with Gasteiger partial charge in [-0.2, -0.15) is 0 Å². The molecule has 3 aliphatic rings. The number of nitrogens with zero attached hydrogens (tertiary/aromatic N) is 3. The Morgan fingerprint density at radius 1 is 0.203 bits per heavy atom. The molecule has 0 N–H and O–H groups in total. The first kappa shape index (κ1) is 70.7. The lowest BCUT2D eigenvalue weighted by atomic mass is 9.80. The van der Waals surface area contributed by atoms with Crippen molar-refractivity contribution in [3.8, 4) is 83.8 Å². The zero-order valence-electron chi connectivity index (χ0n) is 68.9. The third-order valence-electron chi connectivity index (χ3n) is 27.6. The van der Waals surface area contributed by atoms with Crippen LogP contribution in [0.3, 0.4) is 0 Å². The highest BCUT2D eigenvalue weighted by Gasteiger charge is 2.41. The van der Waals surface area contributed by atoms with Gasteiger partial charge in [-0.05, 0) is 198 Å². The molecule has 0 radical (unpaired) electrons. The molecule has 6 aromatic heterocycles. The van der Waals surface area contributed by atoms with Crippen molar-refractivity contribution in [3.05, 3.63) is 416 Å². The van der Waals surface area contributed by atoms with Gasteiger partial charge >= 0.3 is 0 Å². The number of para-hydroxylation sites is 7. The highest BCUT2D eigenvalue weighted by atomic mass is 16.3. The molecule has 123 heavy (non-hydrogen) atoms. The highest BCUT2D eigenvalue weighted by molar-refractivity contribution is 6.20. The van der Waals surface area contributed by atoms with Crippen molar-refractivity contribution in [2.45, 2.75) is 57.8 Å². The largest absolute Gasteiger partial charge is 0.456 e. The summed E-state index contributed by atoms with van der Waals surface area (Å²) in [4.78, 5) is 0. The molecule has 3 aliphatic carbocycles. The number of hydrogen-bond donors (Lipinski definition) is 0. The summed E-state index contributed by atoms with van der Waals surface area (Å²) < 4.78 is 25.8. The van der Waals surface area contributed by atoms with Crippen LogP contribution in [0.2, 0.25) is 0 Å². The van der Waals surface area contributed by atoms with Gasteiger partial charge in [-0.15, -0.1) is 0 Å². The maximum atomic E-state index is 6.34. The summed E-state index contributed by atoms with van der Waals surface area (Å²) in [6.45, 7) is 14.2. The SMILES string of the molecule is CC1(C)c2ccccc2-c2c1ccc1c2c2ccccc2n1-c1ccc(-c2cccc3c2oc2ccccc23)cc1.CC1(C)c2ccccc2-c2c1ccc1c3ccccc3n(-c3ccc(-c4ccc5oc6ccccc6c5c4)cc3)c21.CC1(C)c2ccccc2-c2ccc3c(c21)c1ccccc1n3-c1ccc(-c2ccc3oc4ccccc4c3c2)cc1. The molecule has 0 saturated heterocycles. The zero-order valence-corrected chi connectivity index (χ0v) is 68.9. The number of fused-ring (bicyclic) bond motifs is 30. The van der Waals surface area contributed by atoms with Gasteiger partial charge in [0.05, 0.1) is 33.1 Å². The van der Waals surface area contributed by atoms with Gasteiger partial charge in [0.25, 0.3) is 0 Å². The number of furan rings is 3. The second kappa shape index (κ2) is 26.4. The molecule has 27 rings (SSSR count). The first-order valence-corrected chi connectivity index (χ1v) is 42.8. The van der Waals surface area contributed by atoms with Crippen LogP contribution in [0.15, 0.2) is 395 Å². The summed E-state index contributed by atoms with van der Waals surface area (Å²) in [5.74, 6) is 0. The van der Waals surface area contributed by atoms with Crippen molar-refractivity contribution in [3.63, 3.8) is 0 Å². The monoisotopic (exact) mass is 1580 g/mol. The van der Waals surface area contributed by atoms with Crippen molar-refractivity contribution in [1.29, 1.82) is 0 Å². The van der Waals surface area contributed by atoms with E-state index in [1.54, 1.807) is 0 Å². The fourth-order valence-corrected chi connectivity index (χ4v) is 21.8. The first-order valence-electron chi connectivity index (χ1n) is 42.8. The van der Waals surface area contributed by atoms with E-state index in [1.165, 1.54) is 166 Å². The number of aromatic nitrogens is 3. The molecule has 0 unspecified atom stereocenters. The van der Waals surface area contributed by atoms with E-state index in [0.717, 1.165) is 82.6 Å². The molecule has 0 amide bonds. The Kier molecular flexibility index (Phi) is 15.2. The van der Waals surface area contributed by atoms with E-state index in [9.17, 15) is 0 Å². The predicted octanol–water partition coefficient (Wildman–Crippen LogP) is 32.0. The van der Waals surface area contributed by atoms with E-state index in [0.29, 0.717) is 0 Å². The Hall–Kier alpha value is -15.2. The van der Waals surface area contributed by atoms with E-state index in [-0.39, 0.29) is 16.2 Å². The summed E-state index contributed by atoms with van der Waals surface area (Å²) in [7, 11) is 0. The van der Waals surface area contributed by atoms with Gasteiger partial charge in [0, 0.05) is 109 Å². The Bertz CT molecular complexity index is 8580. The molecular formula is C117H81N3O3. The van der Waals surface area contributed by atoms with Crippen LogP contribution in [0.25, 0.3) is 215 Å². The van der Waals surface area contributed by atoms with Crippen molar-refractivity contribution in [2.24, 2.45) is 0 Å². The third kappa shape index (κ3) is 10.3. The van der Waals surface area contributed by atoms with Gasteiger partial charge in [-0.25, -0.2) is 0 Å². The molecule has 18 aromatic carbocycles. The Balaban J connectivity index is 0.000000101. The summed E-state index contributed by atoms with van der Waals surface area (Å²) in [5.41, 5.74) is 40.1. The molecule has 0 fully saturated rings. The molecule has 0 bridgehead atoms. The Morgan fingerprint density at radius 2 is 0.585 bits per heavy atom. The van der Waals surface area contributed by atoms with Gasteiger partial charge in [-0.1, -0.05) is 315 Å². The molecule has 0 aliphatic heterocycles. The van der Waals surface area contributed by atoms with Crippen molar-refractivity contribution in [2.75, 3.05) is 0 Å². The normalized spacial score (nSPS) is 13.8. The van der Waals surface area contributed by atoms with E-state index in [1.807, 2.05) is 36.4 Å². The summed E-state index contributed by atoms with van der Waals surface area (Å²) in [6, 6.07) is 138. The Labute approximate surface area is 710 Å². The van der Waals surface area contributed by atoms with Gasteiger partial charge in [-0.3, -0.25) is 0 Å². The topological polar surface area (TPSA) is 54.2 Å². The average molecular weight is 1580 g/mol. The van der Waals surface area contributed by atoms with Gasteiger partial charge in [0.15, 0.2) is 0 Å².